The van der Waals surface area contributed by atoms with Crippen LogP contribution in [0, 0.1) is 6.92 Å². The molecule has 1 heterocycles. The summed E-state index contributed by atoms with van der Waals surface area (Å²) in [7, 11) is 0. The second-order valence-corrected chi connectivity index (χ2v) is 3.32. The fourth-order valence-electron chi connectivity index (χ4n) is 0.947. The lowest BCUT2D eigenvalue weighted by Crippen LogP contribution is -2.36. The first-order valence-electron chi connectivity index (χ1n) is 4.97. The number of hydrazine groups is 1. The molecule has 0 saturated heterocycles. The molecule has 19 heavy (non-hydrogen) atoms. The molecule has 0 amide bonds. The maximum absolute atomic E-state index is 11.2. The molecule has 0 aliphatic carbocycles. The van der Waals surface area contributed by atoms with Gasteiger partial charge in [0, 0.05) is 12.4 Å². The number of aromatic nitrogens is 3. The predicted octanol–water partition coefficient (Wildman–Crippen LogP) is -3.84. The quantitative estimate of drug-likeness (QED) is 0.346. The van der Waals surface area contributed by atoms with Gasteiger partial charge in [-0.1, -0.05) is 6.08 Å². The van der Waals surface area contributed by atoms with E-state index in [9.17, 15) is 24.6 Å². The van der Waals surface area contributed by atoms with Crippen molar-refractivity contribution < 1.29 is 19.8 Å². The lowest BCUT2D eigenvalue weighted by molar-refractivity contribution is -0.304. The number of nitrogens with one attached hydrogen (secondary N) is 3. The van der Waals surface area contributed by atoms with Crippen LogP contribution in [0.5, 0.6) is 0 Å². The SMILES string of the molecule is Cc1nnc(NNC(=CCC(=O)[O-])C(=O)[O-])[nH]c1=O. The number of aromatic amines is 1. The summed E-state index contributed by atoms with van der Waals surface area (Å²) in [5.41, 5.74) is 3.44. The Morgan fingerprint density at radius 1 is 1.37 bits per heavy atom. The van der Waals surface area contributed by atoms with Gasteiger partial charge in [0.15, 0.2) is 0 Å². The molecule has 0 unspecified atom stereocenters. The third-order valence-electron chi connectivity index (χ3n) is 1.87. The second kappa shape index (κ2) is 6.14. The third-order valence-corrected chi connectivity index (χ3v) is 1.87. The Labute approximate surface area is 106 Å². The first-order valence-corrected chi connectivity index (χ1v) is 4.97. The average Bonchev–Trinajstić information content (AvgIpc) is 2.32. The molecular formula is C9H9N5O5-2. The van der Waals surface area contributed by atoms with Crippen LogP contribution >= 0.6 is 0 Å². The Morgan fingerprint density at radius 3 is 2.58 bits per heavy atom. The monoisotopic (exact) mass is 267 g/mol. The number of aliphatic carboxylic acids is 2. The number of nitrogens with zero attached hydrogens (tertiary/aromatic N) is 2. The maximum Gasteiger partial charge on any atom is 0.274 e. The average molecular weight is 267 g/mol. The van der Waals surface area contributed by atoms with Crippen LogP contribution in [0.25, 0.3) is 0 Å². The summed E-state index contributed by atoms with van der Waals surface area (Å²) < 4.78 is 0. The van der Waals surface area contributed by atoms with Crippen molar-refractivity contribution >= 4 is 17.9 Å². The number of rotatable bonds is 6. The van der Waals surface area contributed by atoms with E-state index in [4.69, 9.17) is 0 Å². The van der Waals surface area contributed by atoms with Crippen LogP contribution in [0.15, 0.2) is 16.6 Å². The molecule has 0 saturated carbocycles. The Morgan fingerprint density at radius 2 is 2.05 bits per heavy atom. The van der Waals surface area contributed by atoms with Gasteiger partial charge in [-0.3, -0.25) is 20.6 Å². The van der Waals surface area contributed by atoms with Gasteiger partial charge >= 0.3 is 0 Å². The van der Waals surface area contributed by atoms with Crippen LogP contribution in [-0.2, 0) is 9.59 Å². The zero-order valence-corrected chi connectivity index (χ0v) is 9.72. The fraction of sp³-hybridized carbons (Fsp3) is 0.222. The second-order valence-electron chi connectivity index (χ2n) is 3.32. The number of carboxylic acid groups (broad SMARTS) is 2. The number of hydrogen-bond donors (Lipinski definition) is 3. The largest absolute Gasteiger partial charge is 0.550 e. The lowest BCUT2D eigenvalue weighted by Gasteiger charge is -2.13. The number of aryl methyl sites for hydroxylation is 1. The van der Waals surface area contributed by atoms with Gasteiger partial charge in [0.1, 0.15) is 5.69 Å². The zero-order chi connectivity index (χ0) is 14.4. The number of H-pyrrole nitrogens is 1. The summed E-state index contributed by atoms with van der Waals surface area (Å²) in [6.07, 6.45) is 0.214. The maximum atomic E-state index is 11.2. The zero-order valence-electron chi connectivity index (χ0n) is 9.72. The smallest absolute Gasteiger partial charge is 0.274 e. The van der Waals surface area contributed by atoms with E-state index < -0.39 is 29.6 Å². The van der Waals surface area contributed by atoms with Crippen molar-refractivity contribution in [3.63, 3.8) is 0 Å². The molecule has 3 N–H and O–H groups in total. The van der Waals surface area contributed by atoms with Crippen molar-refractivity contribution in [1.29, 1.82) is 0 Å². The summed E-state index contributed by atoms with van der Waals surface area (Å²) in [5, 5.41) is 27.9. The minimum atomic E-state index is -1.64. The van der Waals surface area contributed by atoms with E-state index in [1.807, 2.05) is 0 Å². The molecule has 0 fully saturated rings. The van der Waals surface area contributed by atoms with Gasteiger partial charge < -0.3 is 19.8 Å². The number of hydrogen-bond acceptors (Lipinski definition) is 9. The summed E-state index contributed by atoms with van der Waals surface area (Å²) in [6, 6.07) is 0. The minimum Gasteiger partial charge on any atom is -0.550 e. The van der Waals surface area contributed by atoms with Gasteiger partial charge in [0.2, 0.25) is 5.95 Å². The molecule has 102 valence electrons. The summed E-state index contributed by atoms with van der Waals surface area (Å²) in [5.74, 6) is -3.24. The number of carboxylic acids is 2. The Balaban J connectivity index is 2.73. The molecule has 0 atom stereocenters. The van der Waals surface area contributed by atoms with Crippen LogP contribution in [0.2, 0.25) is 0 Å². The normalized spacial score (nSPS) is 10.9. The van der Waals surface area contributed by atoms with E-state index in [1.165, 1.54) is 6.92 Å². The molecular weight excluding hydrogens is 258 g/mol. The Bertz CT molecular complexity index is 579. The highest BCUT2D eigenvalue weighted by Crippen LogP contribution is 1.93. The first-order chi connectivity index (χ1) is 8.90. The summed E-state index contributed by atoms with van der Waals surface area (Å²) >= 11 is 0. The topological polar surface area (TPSA) is 163 Å². The van der Waals surface area contributed by atoms with Crippen LogP contribution in [0.1, 0.15) is 12.1 Å². The fourth-order valence-corrected chi connectivity index (χ4v) is 0.947. The third kappa shape index (κ3) is 4.46. The van der Waals surface area contributed by atoms with Crippen LogP contribution in [0.4, 0.5) is 5.95 Å². The van der Waals surface area contributed by atoms with E-state index in [2.05, 4.69) is 26.0 Å². The lowest BCUT2D eigenvalue weighted by atomic mass is 10.3. The van der Waals surface area contributed by atoms with Gasteiger partial charge in [-0.15, -0.1) is 10.2 Å². The molecule has 10 heteroatoms. The van der Waals surface area contributed by atoms with Crippen molar-refractivity contribution in [2.75, 3.05) is 5.43 Å². The molecule has 0 radical (unpaired) electrons. The Kier molecular flexibility index (Phi) is 4.57. The molecule has 0 aliphatic rings. The predicted molar refractivity (Wildman–Crippen MR) is 56.9 cm³/mol. The highest BCUT2D eigenvalue weighted by Gasteiger charge is 2.01. The summed E-state index contributed by atoms with van der Waals surface area (Å²) in [4.78, 5) is 34.3. The van der Waals surface area contributed by atoms with E-state index in [1.54, 1.807) is 0 Å². The van der Waals surface area contributed by atoms with Crippen LogP contribution in [0.3, 0.4) is 0 Å². The number of anilines is 1. The van der Waals surface area contributed by atoms with Gasteiger partial charge in [-0.25, -0.2) is 0 Å². The Hall–Kier alpha value is -2.91. The van der Waals surface area contributed by atoms with Gasteiger partial charge in [-0.2, -0.15) is 0 Å². The van der Waals surface area contributed by atoms with Crippen molar-refractivity contribution in [2.24, 2.45) is 0 Å². The molecule has 1 rings (SSSR count). The molecule has 1 aromatic heterocycles. The highest BCUT2D eigenvalue weighted by atomic mass is 16.4. The number of carbonyl (C=O) groups excluding carboxylic acids is 2. The highest BCUT2D eigenvalue weighted by molar-refractivity contribution is 5.85. The van der Waals surface area contributed by atoms with Crippen molar-refractivity contribution in [1.82, 2.24) is 20.6 Å². The molecule has 1 aromatic rings. The van der Waals surface area contributed by atoms with Crippen LogP contribution in [-0.4, -0.2) is 27.1 Å². The molecule has 0 spiro atoms. The van der Waals surface area contributed by atoms with Crippen molar-refractivity contribution in [3.05, 3.63) is 27.8 Å². The van der Waals surface area contributed by atoms with E-state index >= 15 is 0 Å². The van der Waals surface area contributed by atoms with E-state index in [-0.39, 0.29) is 11.6 Å². The van der Waals surface area contributed by atoms with Gasteiger partial charge in [0.05, 0.1) is 11.7 Å². The van der Waals surface area contributed by atoms with Gasteiger partial charge in [-0.05, 0) is 6.92 Å². The first kappa shape index (κ1) is 14.2. The van der Waals surface area contributed by atoms with Crippen molar-refractivity contribution in [3.8, 4) is 0 Å². The van der Waals surface area contributed by atoms with E-state index in [0.29, 0.717) is 0 Å². The molecule has 0 aliphatic heterocycles. The summed E-state index contributed by atoms with van der Waals surface area (Å²) in [6.45, 7) is 1.44. The van der Waals surface area contributed by atoms with Crippen molar-refractivity contribution in [2.45, 2.75) is 13.3 Å². The standard InChI is InChI=1S/C9H11N5O5/c1-4-7(17)10-9(13-11-4)14-12-5(8(18)19)2-3-6(15)16/h2,12H,3H2,1H3,(H,15,16)(H,18,19)(H2,10,13,14,17)/p-2. The minimum absolute atomic E-state index is 0.137. The van der Waals surface area contributed by atoms with E-state index in [0.717, 1.165) is 6.08 Å². The molecule has 0 aromatic carbocycles. The van der Waals surface area contributed by atoms with Gasteiger partial charge in [0.25, 0.3) is 5.56 Å². The molecule has 0 bridgehead atoms. The molecule has 10 nitrogen and oxygen atoms in total. The number of carbonyl (C=O) groups is 2. The van der Waals surface area contributed by atoms with Crippen LogP contribution < -0.4 is 26.6 Å².